The molecule has 4 heteroatoms. The van der Waals surface area contributed by atoms with Crippen LogP contribution in [0.5, 0.6) is 0 Å². The smallest absolute Gasteiger partial charge is 0.0623 e. The molecule has 0 aliphatic carbocycles. The SMILES string of the molecule is CCNC(Cc1ccc(Cl)c(Cl)c1)C1CC2CCC1O2. The molecular weight excluding hydrogens is 293 g/mol. The fourth-order valence-electron chi connectivity index (χ4n) is 3.66. The molecule has 2 aliphatic rings. The van der Waals surface area contributed by atoms with E-state index < -0.39 is 0 Å². The Bertz CT molecular complexity index is 480. The van der Waals surface area contributed by atoms with Crippen molar-refractivity contribution in [2.24, 2.45) is 5.92 Å². The van der Waals surface area contributed by atoms with Crippen LogP contribution in [0.2, 0.25) is 10.0 Å². The molecule has 0 spiro atoms. The lowest BCUT2D eigenvalue weighted by Crippen LogP contribution is -2.42. The first-order valence-corrected chi connectivity index (χ1v) is 8.25. The first-order chi connectivity index (χ1) is 9.67. The molecule has 1 N–H and O–H groups in total. The van der Waals surface area contributed by atoms with Gasteiger partial charge in [-0.2, -0.15) is 0 Å². The number of hydrogen-bond donors (Lipinski definition) is 1. The lowest BCUT2D eigenvalue weighted by molar-refractivity contribution is 0.0858. The average molecular weight is 314 g/mol. The van der Waals surface area contributed by atoms with E-state index in [-0.39, 0.29) is 0 Å². The van der Waals surface area contributed by atoms with Gasteiger partial charge in [0.1, 0.15) is 0 Å². The van der Waals surface area contributed by atoms with Gasteiger partial charge in [0.05, 0.1) is 22.3 Å². The van der Waals surface area contributed by atoms with Gasteiger partial charge in [-0.05, 0) is 49.9 Å². The topological polar surface area (TPSA) is 21.3 Å². The summed E-state index contributed by atoms with van der Waals surface area (Å²) in [6.07, 6.45) is 5.60. The summed E-state index contributed by atoms with van der Waals surface area (Å²) in [5.74, 6) is 0.628. The van der Waals surface area contributed by atoms with Gasteiger partial charge < -0.3 is 10.1 Å². The second kappa shape index (κ2) is 6.23. The molecule has 2 saturated heterocycles. The molecule has 2 fully saturated rings. The maximum atomic E-state index is 6.12. The van der Waals surface area contributed by atoms with Crippen molar-refractivity contribution in [2.45, 2.75) is 50.9 Å². The Kier molecular flexibility index (Phi) is 4.56. The van der Waals surface area contributed by atoms with Gasteiger partial charge >= 0.3 is 0 Å². The largest absolute Gasteiger partial charge is 0.375 e. The number of nitrogens with one attached hydrogen (secondary N) is 1. The molecule has 1 aromatic carbocycles. The highest BCUT2D eigenvalue weighted by Gasteiger charge is 2.43. The van der Waals surface area contributed by atoms with Crippen molar-refractivity contribution >= 4 is 23.2 Å². The second-order valence-electron chi connectivity index (χ2n) is 5.89. The van der Waals surface area contributed by atoms with Crippen LogP contribution in [-0.2, 0) is 11.2 Å². The summed E-state index contributed by atoms with van der Waals surface area (Å²) in [5.41, 5.74) is 1.24. The Morgan fingerprint density at radius 3 is 2.75 bits per heavy atom. The molecule has 0 saturated carbocycles. The standard InChI is InChI=1S/C16H21Cl2NO/c1-2-19-15(12-9-11-4-6-16(12)20-11)8-10-3-5-13(17)14(18)7-10/h3,5,7,11-12,15-16,19H,2,4,6,8-9H2,1H3. The number of hydrogen-bond acceptors (Lipinski definition) is 2. The van der Waals surface area contributed by atoms with Crippen LogP contribution >= 0.6 is 23.2 Å². The van der Waals surface area contributed by atoms with E-state index in [2.05, 4.69) is 18.3 Å². The fourth-order valence-corrected chi connectivity index (χ4v) is 3.98. The Labute approximate surface area is 130 Å². The van der Waals surface area contributed by atoms with Crippen molar-refractivity contribution in [1.82, 2.24) is 5.32 Å². The van der Waals surface area contributed by atoms with Gasteiger partial charge in [-0.25, -0.2) is 0 Å². The maximum Gasteiger partial charge on any atom is 0.0623 e. The number of rotatable bonds is 5. The minimum atomic E-state index is 0.451. The summed E-state index contributed by atoms with van der Waals surface area (Å²) < 4.78 is 6.01. The molecule has 1 aromatic rings. The van der Waals surface area contributed by atoms with Gasteiger partial charge in [0.25, 0.3) is 0 Å². The van der Waals surface area contributed by atoms with E-state index in [1.54, 1.807) is 0 Å². The molecule has 0 aromatic heterocycles. The first-order valence-electron chi connectivity index (χ1n) is 7.50. The molecular formula is C16H21Cl2NO. The van der Waals surface area contributed by atoms with Gasteiger partial charge in [0.2, 0.25) is 0 Å². The summed E-state index contributed by atoms with van der Waals surface area (Å²) in [6, 6.07) is 6.42. The van der Waals surface area contributed by atoms with Crippen molar-refractivity contribution in [3.63, 3.8) is 0 Å². The monoisotopic (exact) mass is 313 g/mol. The third-order valence-corrected chi connectivity index (χ3v) is 5.31. The van der Waals surface area contributed by atoms with Crippen LogP contribution in [0.1, 0.15) is 31.7 Å². The number of ether oxygens (including phenoxy) is 1. The molecule has 110 valence electrons. The predicted octanol–water partition coefficient (Wildman–Crippen LogP) is 4.08. The van der Waals surface area contributed by atoms with Crippen molar-refractivity contribution < 1.29 is 4.74 Å². The predicted molar refractivity (Wildman–Crippen MR) is 83.6 cm³/mol. The lowest BCUT2D eigenvalue weighted by Gasteiger charge is -2.29. The van der Waals surface area contributed by atoms with E-state index in [4.69, 9.17) is 27.9 Å². The van der Waals surface area contributed by atoms with Crippen LogP contribution in [0, 0.1) is 5.92 Å². The Morgan fingerprint density at radius 2 is 2.15 bits per heavy atom. The summed E-state index contributed by atoms with van der Waals surface area (Å²) >= 11 is 12.1. The lowest BCUT2D eigenvalue weighted by atomic mass is 9.81. The quantitative estimate of drug-likeness (QED) is 0.884. The number of fused-ring (bicyclic) bond motifs is 2. The summed E-state index contributed by atoms with van der Waals surface area (Å²) in [4.78, 5) is 0. The molecule has 4 unspecified atom stereocenters. The molecule has 2 heterocycles. The number of benzene rings is 1. The summed E-state index contributed by atoms with van der Waals surface area (Å²) in [6.45, 7) is 3.15. The van der Waals surface area contributed by atoms with E-state index in [1.807, 2.05) is 12.1 Å². The van der Waals surface area contributed by atoms with Crippen molar-refractivity contribution in [3.8, 4) is 0 Å². The van der Waals surface area contributed by atoms with Crippen molar-refractivity contribution in [1.29, 1.82) is 0 Å². The fraction of sp³-hybridized carbons (Fsp3) is 0.625. The van der Waals surface area contributed by atoms with Gasteiger partial charge in [-0.15, -0.1) is 0 Å². The number of likely N-dealkylation sites (N-methyl/N-ethyl adjacent to an activating group) is 1. The Balaban J connectivity index is 1.72. The van der Waals surface area contributed by atoms with Gasteiger partial charge in [-0.1, -0.05) is 36.2 Å². The van der Waals surface area contributed by atoms with Crippen LogP contribution in [0.15, 0.2) is 18.2 Å². The maximum absolute atomic E-state index is 6.12. The molecule has 20 heavy (non-hydrogen) atoms. The third-order valence-electron chi connectivity index (χ3n) is 4.58. The second-order valence-corrected chi connectivity index (χ2v) is 6.70. The van der Waals surface area contributed by atoms with Crippen molar-refractivity contribution in [3.05, 3.63) is 33.8 Å². The van der Waals surface area contributed by atoms with Gasteiger partial charge in [-0.3, -0.25) is 0 Å². The zero-order chi connectivity index (χ0) is 14.1. The van der Waals surface area contributed by atoms with E-state index in [0.29, 0.717) is 34.2 Å². The van der Waals surface area contributed by atoms with E-state index in [1.165, 1.54) is 24.8 Å². The normalized spacial score (nSPS) is 29.9. The zero-order valence-electron chi connectivity index (χ0n) is 11.7. The molecule has 0 amide bonds. The van der Waals surface area contributed by atoms with E-state index in [9.17, 15) is 0 Å². The third kappa shape index (κ3) is 2.99. The Morgan fingerprint density at radius 1 is 1.30 bits per heavy atom. The minimum Gasteiger partial charge on any atom is -0.375 e. The van der Waals surface area contributed by atoms with Gasteiger partial charge in [0.15, 0.2) is 0 Å². The number of halogens is 2. The van der Waals surface area contributed by atoms with E-state index >= 15 is 0 Å². The zero-order valence-corrected chi connectivity index (χ0v) is 13.3. The van der Waals surface area contributed by atoms with Crippen LogP contribution < -0.4 is 5.32 Å². The molecule has 4 atom stereocenters. The molecule has 2 bridgehead atoms. The summed E-state index contributed by atoms with van der Waals surface area (Å²) in [5, 5.41) is 4.90. The van der Waals surface area contributed by atoms with Crippen molar-refractivity contribution in [2.75, 3.05) is 6.54 Å². The highest BCUT2D eigenvalue weighted by molar-refractivity contribution is 6.42. The van der Waals surface area contributed by atoms with E-state index in [0.717, 1.165) is 13.0 Å². The first kappa shape index (κ1) is 14.6. The highest BCUT2D eigenvalue weighted by Crippen LogP contribution is 2.41. The summed E-state index contributed by atoms with van der Waals surface area (Å²) in [7, 11) is 0. The van der Waals surface area contributed by atoms with Gasteiger partial charge in [0, 0.05) is 12.0 Å². The molecule has 2 nitrogen and oxygen atoms in total. The minimum absolute atomic E-state index is 0.451. The molecule has 2 aliphatic heterocycles. The van der Waals surface area contributed by atoms with Crippen LogP contribution in [0.25, 0.3) is 0 Å². The van der Waals surface area contributed by atoms with Crippen LogP contribution in [-0.4, -0.2) is 24.8 Å². The molecule has 3 rings (SSSR count). The average Bonchev–Trinajstić information content (AvgIpc) is 3.05. The van der Waals surface area contributed by atoms with Crippen LogP contribution in [0.4, 0.5) is 0 Å². The van der Waals surface area contributed by atoms with Crippen LogP contribution in [0.3, 0.4) is 0 Å². The molecule has 0 radical (unpaired) electrons. The Hall–Kier alpha value is -0.280. The highest BCUT2D eigenvalue weighted by atomic mass is 35.5.